The highest BCUT2D eigenvalue weighted by Gasteiger charge is 2.52. The van der Waals surface area contributed by atoms with Crippen LogP contribution in [0.15, 0.2) is 48.4 Å². The molecule has 1 spiro atoms. The zero-order valence-electron chi connectivity index (χ0n) is 31.4. The van der Waals surface area contributed by atoms with E-state index in [1.165, 1.54) is 17.2 Å². The summed E-state index contributed by atoms with van der Waals surface area (Å²) >= 11 is 0. The molecule has 0 radical (unpaired) electrons. The Labute approximate surface area is 325 Å². The fourth-order valence-corrected chi connectivity index (χ4v) is 9.06. The number of aryl methyl sites for hydroxylation is 2. The summed E-state index contributed by atoms with van der Waals surface area (Å²) in [5.41, 5.74) is -0.477. The second kappa shape index (κ2) is 14.0. The number of carbonyl (C=O) groups is 1. The van der Waals surface area contributed by atoms with Gasteiger partial charge in [-0.05, 0) is 50.8 Å². The van der Waals surface area contributed by atoms with Crippen LogP contribution in [0, 0.1) is 37.8 Å². The summed E-state index contributed by atoms with van der Waals surface area (Å²) in [4.78, 5) is 41.5. The van der Waals surface area contributed by atoms with E-state index >= 15 is 8.78 Å². The van der Waals surface area contributed by atoms with E-state index in [4.69, 9.17) is 20.9 Å². The lowest BCUT2D eigenvalue weighted by Crippen LogP contribution is -2.73. The Balaban J connectivity index is 1.11. The number of pyridine rings is 1. The van der Waals surface area contributed by atoms with E-state index in [-0.39, 0.29) is 84.7 Å². The Hall–Kier alpha value is -5.72. The normalized spacial score (nSPS) is 21.9. The van der Waals surface area contributed by atoms with E-state index in [0.717, 1.165) is 25.5 Å². The molecule has 4 saturated heterocycles. The van der Waals surface area contributed by atoms with Crippen molar-refractivity contribution < 1.29 is 31.8 Å². The lowest BCUT2D eigenvalue weighted by Gasteiger charge is -2.55. The van der Waals surface area contributed by atoms with Gasteiger partial charge in [0.2, 0.25) is 0 Å². The van der Waals surface area contributed by atoms with Gasteiger partial charge in [-0.25, -0.2) is 27.5 Å². The average Bonchev–Trinajstić information content (AvgIpc) is 3.71. The van der Waals surface area contributed by atoms with Crippen LogP contribution in [0.2, 0.25) is 0 Å². The molecule has 11 nitrogen and oxygen atoms in total. The number of amides is 1. The third kappa shape index (κ3) is 6.31. The third-order valence-electron chi connectivity index (χ3n) is 11.7. The van der Waals surface area contributed by atoms with E-state index in [1.807, 2.05) is 4.90 Å². The van der Waals surface area contributed by atoms with Crippen molar-refractivity contribution in [2.24, 2.45) is 0 Å². The fourth-order valence-electron chi connectivity index (χ4n) is 9.06. The maximum absolute atomic E-state index is 17.1. The molecular weight excluding hydrogens is 741 g/mol. The minimum Gasteiger partial charge on any atom is -0.461 e. The van der Waals surface area contributed by atoms with Crippen molar-refractivity contribution in [2.45, 2.75) is 50.4 Å². The molecule has 5 aromatic rings. The highest BCUT2D eigenvalue weighted by Crippen LogP contribution is 2.42. The molecule has 15 heteroatoms. The molecule has 4 aliphatic rings. The van der Waals surface area contributed by atoms with E-state index < -0.39 is 40.6 Å². The molecule has 7 heterocycles. The molecule has 9 rings (SSSR count). The maximum Gasteiger partial charge on any atom is 0.319 e. The molecule has 4 aliphatic heterocycles. The molecule has 2 aromatic carbocycles. The number of hydrogen-bond acceptors (Lipinski definition) is 10. The van der Waals surface area contributed by atoms with Crippen LogP contribution in [0.25, 0.3) is 39.0 Å². The second-order valence-corrected chi connectivity index (χ2v) is 15.4. The molecule has 2 atom stereocenters. The molecule has 1 amide bonds. The van der Waals surface area contributed by atoms with E-state index in [9.17, 15) is 13.6 Å². The smallest absolute Gasteiger partial charge is 0.319 e. The molecule has 3 aromatic heterocycles. The third-order valence-corrected chi connectivity index (χ3v) is 11.7. The molecule has 0 aliphatic carbocycles. The van der Waals surface area contributed by atoms with Crippen molar-refractivity contribution in [1.29, 1.82) is 0 Å². The molecule has 0 bridgehead atoms. The van der Waals surface area contributed by atoms with Gasteiger partial charge >= 0.3 is 6.01 Å². The highest BCUT2D eigenvalue weighted by molar-refractivity contribution is 6.02. The summed E-state index contributed by atoms with van der Waals surface area (Å²) in [6.45, 7) is 5.35. The Morgan fingerprint density at radius 3 is 2.72 bits per heavy atom. The standard InChI is InChI=1S/C42H38F4N8O3/c1-4-29-32(44)10-9-26-7-5-8-30(34(26)29)36-35(46)37-31(18-47-36)38(51-40(50-37)57-23-41-11-6-12-53(41)19-27(43)17-41)52-13-14-54(42(20-52)21-56-22-42)39(55)33(45)16-28-15-24(2)48-25(3)49-28/h1,5,7-10,15-16,18,27H,6,11-14,17,19-23H2,2-3H3/b33-16-/t27-,41+/m1/s1. The minimum atomic E-state index is -0.986. The van der Waals surface area contributed by atoms with E-state index in [0.29, 0.717) is 35.3 Å². The van der Waals surface area contributed by atoms with Crippen LogP contribution in [0.1, 0.15) is 42.0 Å². The van der Waals surface area contributed by atoms with Crippen LogP contribution in [0.5, 0.6) is 6.01 Å². The number of fused-ring (bicyclic) bond motifs is 3. The van der Waals surface area contributed by atoms with Crippen LogP contribution in [-0.4, -0.2) is 110 Å². The van der Waals surface area contributed by atoms with E-state index in [1.54, 1.807) is 44.2 Å². The van der Waals surface area contributed by atoms with Gasteiger partial charge in [0.25, 0.3) is 5.91 Å². The predicted octanol–water partition coefficient (Wildman–Crippen LogP) is 5.89. The highest BCUT2D eigenvalue weighted by atomic mass is 19.1. The quantitative estimate of drug-likeness (QED) is 0.113. The lowest BCUT2D eigenvalue weighted by atomic mass is 9.91. The maximum atomic E-state index is 17.1. The summed E-state index contributed by atoms with van der Waals surface area (Å²) in [6.07, 6.45) is 9.26. The average molecular weight is 779 g/mol. The van der Waals surface area contributed by atoms with Crippen LogP contribution in [0.4, 0.5) is 23.4 Å². The molecule has 292 valence electrons. The van der Waals surface area contributed by atoms with Crippen molar-refractivity contribution in [3.8, 4) is 29.6 Å². The van der Waals surface area contributed by atoms with Gasteiger partial charge in [-0.1, -0.05) is 30.2 Å². The SMILES string of the molecule is C#Cc1c(F)ccc2cccc(-c3ncc4c(N5CCN(C(=O)/C(F)=C/c6cc(C)nc(C)n6)C6(COC6)C5)nc(OC[C@@]56CCCN5C[C@H](F)C6)nc4c3F)c12. The van der Waals surface area contributed by atoms with Gasteiger partial charge in [0, 0.05) is 61.5 Å². The minimum absolute atomic E-state index is 0.0196. The Bertz CT molecular complexity index is 2520. The summed E-state index contributed by atoms with van der Waals surface area (Å²) in [5, 5.41) is 1.19. The summed E-state index contributed by atoms with van der Waals surface area (Å²) in [7, 11) is 0. The number of piperazine rings is 1. The zero-order chi connectivity index (χ0) is 39.6. The Morgan fingerprint density at radius 1 is 1.11 bits per heavy atom. The number of carbonyl (C=O) groups excluding carboxylic acids is 1. The number of ether oxygens (including phenoxy) is 2. The van der Waals surface area contributed by atoms with Crippen LogP contribution >= 0.6 is 0 Å². The number of benzene rings is 2. The van der Waals surface area contributed by atoms with Crippen molar-refractivity contribution in [3.05, 3.63) is 82.8 Å². The molecule has 0 unspecified atom stereocenters. The number of hydrogen-bond donors (Lipinski definition) is 0. The van der Waals surface area contributed by atoms with Crippen molar-refractivity contribution in [3.63, 3.8) is 0 Å². The van der Waals surface area contributed by atoms with Gasteiger partial charge in [0.1, 0.15) is 47.0 Å². The van der Waals surface area contributed by atoms with Gasteiger partial charge in [-0.3, -0.25) is 14.7 Å². The molecule has 57 heavy (non-hydrogen) atoms. The van der Waals surface area contributed by atoms with Gasteiger partial charge < -0.3 is 19.3 Å². The molecule has 4 fully saturated rings. The number of nitrogens with zero attached hydrogens (tertiary/aromatic N) is 8. The fraction of sp³-hybridized carbons (Fsp3) is 0.381. The van der Waals surface area contributed by atoms with Gasteiger partial charge in [0.15, 0.2) is 11.6 Å². The first-order valence-corrected chi connectivity index (χ1v) is 18.9. The Morgan fingerprint density at radius 2 is 1.95 bits per heavy atom. The van der Waals surface area contributed by atoms with Crippen molar-refractivity contribution >= 4 is 39.5 Å². The second-order valence-electron chi connectivity index (χ2n) is 15.4. The first-order valence-electron chi connectivity index (χ1n) is 18.9. The van der Waals surface area contributed by atoms with E-state index in [2.05, 4.69) is 30.8 Å². The van der Waals surface area contributed by atoms with Gasteiger partial charge in [-0.15, -0.1) is 6.42 Å². The number of alkyl halides is 1. The molecule has 0 N–H and O–H groups in total. The lowest BCUT2D eigenvalue weighted by molar-refractivity contribution is -0.167. The topological polar surface area (TPSA) is 110 Å². The first kappa shape index (κ1) is 36.9. The van der Waals surface area contributed by atoms with Crippen molar-refractivity contribution in [2.75, 3.05) is 57.4 Å². The van der Waals surface area contributed by atoms with Crippen LogP contribution in [0.3, 0.4) is 0 Å². The van der Waals surface area contributed by atoms with Crippen LogP contribution in [-0.2, 0) is 9.53 Å². The van der Waals surface area contributed by atoms with Crippen LogP contribution < -0.4 is 9.64 Å². The van der Waals surface area contributed by atoms with Gasteiger partial charge in [0.05, 0.1) is 35.4 Å². The van der Waals surface area contributed by atoms with Crippen molar-refractivity contribution in [1.82, 2.24) is 34.7 Å². The number of rotatable bonds is 7. The summed E-state index contributed by atoms with van der Waals surface area (Å²) in [6, 6.07) is 9.41. The first-order chi connectivity index (χ1) is 27.5. The monoisotopic (exact) mass is 778 g/mol. The predicted molar refractivity (Wildman–Crippen MR) is 205 cm³/mol. The summed E-state index contributed by atoms with van der Waals surface area (Å²) in [5.74, 6) is -0.0526. The molecular formula is C42H38F4N8O3. The number of terminal acetylenes is 1. The largest absolute Gasteiger partial charge is 0.461 e. The number of aromatic nitrogens is 5. The van der Waals surface area contributed by atoms with Gasteiger partial charge in [-0.2, -0.15) is 9.97 Å². The summed E-state index contributed by atoms with van der Waals surface area (Å²) < 4.78 is 74.3. The zero-order valence-corrected chi connectivity index (χ0v) is 31.4. The number of anilines is 1. The number of halogens is 4. The molecule has 0 saturated carbocycles. The Kier molecular flexibility index (Phi) is 9.08.